The van der Waals surface area contributed by atoms with Crippen LogP contribution in [-0.4, -0.2) is 13.4 Å². The van der Waals surface area contributed by atoms with Crippen molar-refractivity contribution in [1.82, 2.24) is 0 Å². The summed E-state index contributed by atoms with van der Waals surface area (Å²) in [6.07, 6.45) is 0. The minimum atomic E-state index is -0.335. The van der Waals surface area contributed by atoms with Crippen LogP contribution in [0.25, 0.3) is 22.6 Å². The van der Waals surface area contributed by atoms with Gasteiger partial charge in [-0.05, 0) is 155 Å². The molecule has 90 heavy (non-hydrogen) atoms. The molecule has 4 aliphatic heterocycles. The Bertz CT molecular complexity index is 4930. The van der Waals surface area contributed by atoms with Crippen LogP contribution in [0.4, 0.5) is 85.5 Å². The molecule has 0 aliphatic carbocycles. The molecule has 0 N–H and O–H groups in total. The molecular weight excluding hydrogens is 1100 g/mol. The van der Waals surface area contributed by atoms with Crippen molar-refractivity contribution in [3.05, 3.63) is 322 Å². The number of para-hydroxylation sites is 7. The van der Waals surface area contributed by atoms with Crippen LogP contribution in [0.5, 0.6) is 11.7 Å². The van der Waals surface area contributed by atoms with Crippen molar-refractivity contribution in [1.29, 1.82) is 0 Å². The monoisotopic (exact) mass is 1150 g/mol. The van der Waals surface area contributed by atoms with E-state index >= 15 is 0 Å². The highest BCUT2D eigenvalue weighted by atomic mass is 16.6. The molecule has 12 aromatic carbocycles. The minimum absolute atomic E-state index is 0.321. The predicted octanol–water partition coefficient (Wildman–Crippen LogP) is 17.6. The quantitative estimate of drug-likeness (QED) is 0.119. The molecule has 8 nitrogen and oxygen atoms in total. The number of hydrogen-bond donors (Lipinski definition) is 0. The van der Waals surface area contributed by atoms with E-state index in [4.69, 9.17) is 13.6 Å². The minimum Gasteiger partial charge on any atom is -0.440 e. The fourth-order valence-corrected chi connectivity index (χ4v) is 14.3. The molecular formula is C80H53B2N5O3. The summed E-state index contributed by atoms with van der Waals surface area (Å²) in [5.41, 5.74) is 22.7. The molecule has 2 aromatic heterocycles. The standard InChI is InChI=1S/C80H53B2N5O3/c1-10-28-54(29-11-1)74-52-67-79(88-74)87(62-44-26-9-27-45-62)72-47-63(83(56-32-14-3-15-33-56)57-34-16-4-17-35-57)46-71-77(72)81(67)65-50-70-66(51-69(65)85(71)60-40-22-7-23-41-60)82-68-53-75(55-30-12-2-13-31-55)89-80(68)90-76-49-64(48-73(78(76)82)86(70)61-42-24-8-25-43-61)84(58-36-18-5-19-37-58)59-38-20-6-21-39-59/h1-53H. The SMILES string of the molecule is c1ccc(-c2cc3c(o2)Oc2cc(N(c4ccccc4)c4ccccc4)cc4c2B3c2cc3c(cc2N4c2ccccc2)B2c4cc(-c5ccccc5)oc4N(c4ccccc4)c4cc(N(c5ccccc5)c5ccccc5)cc(c42)N3c2ccccc2)cc1. The van der Waals surface area contributed by atoms with Gasteiger partial charge in [-0.15, -0.1) is 0 Å². The van der Waals surface area contributed by atoms with Crippen LogP contribution in [-0.2, 0) is 0 Å². The Kier molecular flexibility index (Phi) is 11.9. The first-order chi connectivity index (χ1) is 44.7. The molecule has 14 aromatic rings. The van der Waals surface area contributed by atoms with Crippen molar-refractivity contribution in [3.8, 4) is 34.3 Å². The van der Waals surface area contributed by atoms with Crippen molar-refractivity contribution in [2.75, 3.05) is 24.5 Å². The Morgan fingerprint density at radius 1 is 0.267 bits per heavy atom. The van der Waals surface area contributed by atoms with Gasteiger partial charge in [0, 0.05) is 90.9 Å². The summed E-state index contributed by atoms with van der Waals surface area (Å²) in [6.45, 7) is -0.656. The van der Waals surface area contributed by atoms with E-state index in [0.717, 1.165) is 147 Å². The number of anilines is 15. The topological polar surface area (TPSA) is 51.7 Å². The number of nitrogens with zero attached hydrogens (tertiary/aromatic N) is 5. The maximum absolute atomic E-state index is 7.46. The molecule has 18 rings (SSSR count). The van der Waals surface area contributed by atoms with Crippen LogP contribution in [0.15, 0.2) is 330 Å². The van der Waals surface area contributed by atoms with E-state index in [1.165, 1.54) is 0 Å². The molecule has 0 atom stereocenters. The fourth-order valence-electron chi connectivity index (χ4n) is 14.3. The molecule has 0 saturated carbocycles. The highest BCUT2D eigenvalue weighted by molar-refractivity contribution is 7.02. The molecule has 0 amide bonds. The van der Waals surface area contributed by atoms with Crippen molar-refractivity contribution in [3.63, 3.8) is 0 Å². The molecule has 0 fully saturated rings. The van der Waals surface area contributed by atoms with E-state index in [9.17, 15) is 0 Å². The molecule has 0 saturated heterocycles. The molecule has 0 radical (unpaired) electrons. The number of rotatable bonds is 11. The lowest BCUT2D eigenvalue weighted by Crippen LogP contribution is -2.63. The highest BCUT2D eigenvalue weighted by Gasteiger charge is 2.50. The van der Waals surface area contributed by atoms with Gasteiger partial charge in [0.25, 0.3) is 19.4 Å². The van der Waals surface area contributed by atoms with Crippen LogP contribution in [0.2, 0.25) is 0 Å². The third kappa shape index (κ3) is 8.26. The lowest BCUT2D eigenvalue weighted by Gasteiger charge is -2.45. The molecule has 422 valence electrons. The summed E-state index contributed by atoms with van der Waals surface area (Å²) in [6, 6.07) is 115. The molecule has 4 aliphatic rings. The molecule has 0 unspecified atom stereocenters. The smallest absolute Gasteiger partial charge is 0.285 e. The Hall–Kier alpha value is -11.9. The second-order valence-electron chi connectivity index (χ2n) is 23.2. The average Bonchev–Trinajstić information content (AvgIpc) is 0.735. The predicted molar refractivity (Wildman–Crippen MR) is 371 cm³/mol. The van der Waals surface area contributed by atoms with Gasteiger partial charge in [-0.25, -0.2) is 0 Å². The zero-order valence-electron chi connectivity index (χ0n) is 48.7. The number of ether oxygens (including phenoxy) is 1. The van der Waals surface area contributed by atoms with Gasteiger partial charge in [-0.1, -0.05) is 188 Å². The van der Waals surface area contributed by atoms with E-state index in [0.29, 0.717) is 5.95 Å². The van der Waals surface area contributed by atoms with E-state index in [-0.39, 0.29) is 13.4 Å². The van der Waals surface area contributed by atoms with Gasteiger partial charge in [0.1, 0.15) is 17.3 Å². The summed E-state index contributed by atoms with van der Waals surface area (Å²) < 4.78 is 21.7. The second kappa shape index (κ2) is 20.9. The van der Waals surface area contributed by atoms with Gasteiger partial charge in [0.05, 0.1) is 11.4 Å². The van der Waals surface area contributed by atoms with Crippen LogP contribution < -0.4 is 62.0 Å². The highest BCUT2D eigenvalue weighted by Crippen LogP contribution is 2.52. The molecule has 10 heteroatoms. The van der Waals surface area contributed by atoms with Gasteiger partial charge in [0.2, 0.25) is 0 Å². The van der Waals surface area contributed by atoms with Gasteiger partial charge >= 0.3 is 0 Å². The summed E-state index contributed by atoms with van der Waals surface area (Å²) in [5.74, 6) is 3.50. The van der Waals surface area contributed by atoms with Crippen LogP contribution in [0.1, 0.15) is 0 Å². The first-order valence-electron chi connectivity index (χ1n) is 30.6. The zero-order valence-corrected chi connectivity index (χ0v) is 48.7. The van der Waals surface area contributed by atoms with Crippen LogP contribution in [0, 0.1) is 0 Å². The largest absolute Gasteiger partial charge is 0.440 e. The van der Waals surface area contributed by atoms with Crippen molar-refractivity contribution in [2.45, 2.75) is 0 Å². The van der Waals surface area contributed by atoms with Crippen molar-refractivity contribution in [2.24, 2.45) is 0 Å². The number of furan rings is 2. The lowest BCUT2D eigenvalue weighted by molar-refractivity contribution is 0.355. The Morgan fingerprint density at radius 3 is 1.06 bits per heavy atom. The third-order valence-corrected chi connectivity index (χ3v) is 18.0. The third-order valence-electron chi connectivity index (χ3n) is 18.0. The lowest BCUT2D eigenvalue weighted by atomic mass is 9.31. The first-order valence-corrected chi connectivity index (χ1v) is 30.6. The van der Waals surface area contributed by atoms with Gasteiger partial charge < -0.3 is 33.2 Å². The fraction of sp³-hybridized carbons (Fsp3) is 0. The summed E-state index contributed by atoms with van der Waals surface area (Å²) in [7, 11) is 0. The number of benzene rings is 12. The Balaban J connectivity index is 0.962. The molecule has 0 bridgehead atoms. The van der Waals surface area contributed by atoms with E-state index in [2.05, 4.69) is 340 Å². The number of hydrogen-bond acceptors (Lipinski definition) is 8. The maximum atomic E-state index is 7.46. The van der Waals surface area contributed by atoms with E-state index in [1.54, 1.807) is 0 Å². The Morgan fingerprint density at radius 2 is 0.611 bits per heavy atom. The first kappa shape index (κ1) is 51.4. The van der Waals surface area contributed by atoms with Crippen molar-refractivity contribution < 1.29 is 13.6 Å². The number of fused-ring (bicyclic) bond motifs is 8. The second-order valence-corrected chi connectivity index (χ2v) is 23.2. The van der Waals surface area contributed by atoms with Gasteiger partial charge in [-0.2, -0.15) is 0 Å². The van der Waals surface area contributed by atoms with Crippen molar-refractivity contribution >= 4 is 132 Å². The Labute approximate surface area is 522 Å². The van der Waals surface area contributed by atoms with E-state index < -0.39 is 0 Å². The van der Waals surface area contributed by atoms with Crippen LogP contribution >= 0.6 is 0 Å². The van der Waals surface area contributed by atoms with Gasteiger partial charge in [-0.3, -0.25) is 4.90 Å². The normalized spacial score (nSPS) is 12.9. The summed E-state index contributed by atoms with van der Waals surface area (Å²) >= 11 is 0. The van der Waals surface area contributed by atoms with E-state index in [1.807, 2.05) is 6.07 Å². The maximum Gasteiger partial charge on any atom is 0.285 e. The summed E-state index contributed by atoms with van der Waals surface area (Å²) in [4.78, 5) is 12.0. The average molecular weight is 1150 g/mol. The molecule has 0 spiro atoms. The van der Waals surface area contributed by atoms with Gasteiger partial charge in [0.15, 0.2) is 5.88 Å². The zero-order chi connectivity index (χ0) is 59.2. The molecule has 6 heterocycles. The summed E-state index contributed by atoms with van der Waals surface area (Å²) in [5, 5.41) is 0. The van der Waals surface area contributed by atoms with Crippen LogP contribution in [0.3, 0.4) is 0 Å².